The monoisotopic (exact) mass is 325 g/mol. The normalized spacial score (nSPS) is 9.90. The maximum absolute atomic E-state index is 5.87. The quantitative estimate of drug-likeness (QED) is 0.752. The van der Waals surface area contributed by atoms with Crippen molar-refractivity contribution in [2.75, 3.05) is 14.2 Å². The van der Waals surface area contributed by atoms with Crippen LogP contribution in [0, 0.1) is 0 Å². The Labute approximate surface area is 133 Å². The van der Waals surface area contributed by atoms with Crippen molar-refractivity contribution >= 4 is 30.9 Å². The Morgan fingerprint density at radius 3 is 1.52 bits per heavy atom. The number of rotatable bonds is 6. The van der Waals surface area contributed by atoms with Gasteiger partial charge in [-0.3, -0.25) is 0 Å². The fourth-order valence-corrected chi connectivity index (χ4v) is 1.93. The first-order chi connectivity index (χ1) is 10.1. The molecule has 0 aliphatic rings. The lowest BCUT2D eigenvalue weighted by atomic mass is 10.2. The third kappa shape index (κ3) is 4.13. The Balaban J connectivity index is 2.02. The van der Waals surface area contributed by atoms with Crippen molar-refractivity contribution in [3.05, 3.63) is 46.4 Å². The highest BCUT2D eigenvalue weighted by Gasteiger charge is 2.11. The fourth-order valence-electron chi connectivity index (χ4n) is 1.61. The lowest BCUT2D eigenvalue weighted by Crippen LogP contribution is -2.12. The van der Waals surface area contributed by atoms with Crippen molar-refractivity contribution in [3.8, 4) is 23.0 Å². The second-order valence-electron chi connectivity index (χ2n) is 3.92. The van der Waals surface area contributed by atoms with E-state index in [2.05, 4.69) is 0 Å². The van der Waals surface area contributed by atoms with E-state index in [-0.39, 0.29) is 0 Å². The van der Waals surface area contributed by atoms with Crippen molar-refractivity contribution in [3.63, 3.8) is 0 Å². The van der Waals surface area contributed by atoms with Crippen molar-refractivity contribution in [2.24, 2.45) is 0 Å². The van der Waals surface area contributed by atoms with Gasteiger partial charge >= 0.3 is 7.69 Å². The topological polar surface area (TPSA) is 36.9 Å². The van der Waals surface area contributed by atoms with Gasteiger partial charge in [0.15, 0.2) is 11.5 Å². The zero-order chi connectivity index (χ0) is 15.2. The number of ether oxygens (including phenoxy) is 2. The summed E-state index contributed by atoms with van der Waals surface area (Å²) < 4.78 is 21.1. The van der Waals surface area contributed by atoms with Gasteiger partial charge in [-0.2, -0.15) is 0 Å². The summed E-state index contributed by atoms with van der Waals surface area (Å²) in [5, 5.41) is 1.11. The number of hydrogen-bond acceptors (Lipinski definition) is 4. The zero-order valence-electron chi connectivity index (χ0n) is 11.4. The first-order valence-corrected chi connectivity index (χ1v) is 6.71. The van der Waals surface area contributed by atoms with Crippen LogP contribution in [0.4, 0.5) is 0 Å². The molecule has 4 nitrogen and oxygen atoms in total. The van der Waals surface area contributed by atoms with E-state index in [1.165, 1.54) is 21.9 Å². The van der Waals surface area contributed by atoms with Crippen LogP contribution in [0.2, 0.25) is 10.0 Å². The molecule has 7 heteroatoms. The maximum atomic E-state index is 5.87. The van der Waals surface area contributed by atoms with Gasteiger partial charge in [-0.05, 0) is 24.3 Å². The Hall–Kier alpha value is -1.72. The summed E-state index contributed by atoms with van der Waals surface area (Å²) in [5.41, 5.74) is 0. The van der Waals surface area contributed by atoms with E-state index in [4.69, 9.17) is 42.0 Å². The summed E-state index contributed by atoms with van der Waals surface area (Å²) in [6.07, 6.45) is 0. The molecule has 0 spiro atoms. The van der Waals surface area contributed by atoms with Crippen molar-refractivity contribution in [2.45, 2.75) is 0 Å². The average Bonchev–Trinajstić information content (AvgIpc) is 2.49. The molecule has 109 valence electrons. The fraction of sp³-hybridized carbons (Fsp3) is 0.143. The average molecular weight is 326 g/mol. The third-order valence-corrected chi connectivity index (χ3v) is 3.07. The minimum Gasteiger partial charge on any atom is -0.524 e. The number of halogens is 2. The van der Waals surface area contributed by atoms with Crippen molar-refractivity contribution in [1.82, 2.24) is 0 Å². The molecular formula is C14H12BCl2O4. The molecule has 0 N–H and O–H groups in total. The van der Waals surface area contributed by atoms with Gasteiger partial charge in [0.25, 0.3) is 0 Å². The zero-order valence-corrected chi connectivity index (χ0v) is 12.9. The lowest BCUT2D eigenvalue weighted by Gasteiger charge is -2.12. The molecule has 0 bridgehead atoms. The van der Waals surface area contributed by atoms with Gasteiger partial charge in [0.1, 0.15) is 11.5 Å². The Morgan fingerprint density at radius 2 is 1.14 bits per heavy atom. The Kier molecular flexibility index (Phi) is 5.48. The van der Waals surface area contributed by atoms with E-state index < -0.39 is 0 Å². The van der Waals surface area contributed by atoms with Crippen LogP contribution in [0.5, 0.6) is 23.0 Å². The molecule has 0 heterocycles. The van der Waals surface area contributed by atoms with Crippen LogP contribution in [-0.2, 0) is 0 Å². The van der Waals surface area contributed by atoms with E-state index in [0.29, 0.717) is 33.0 Å². The number of methoxy groups -OCH3 is 2. The summed E-state index contributed by atoms with van der Waals surface area (Å²) in [6.45, 7) is 0. The molecule has 2 aromatic rings. The summed E-state index contributed by atoms with van der Waals surface area (Å²) in [5.74, 6) is 1.97. The van der Waals surface area contributed by atoms with Gasteiger partial charge < -0.3 is 18.8 Å². The van der Waals surface area contributed by atoms with Crippen LogP contribution in [0.3, 0.4) is 0 Å². The molecule has 0 atom stereocenters. The van der Waals surface area contributed by atoms with Gasteiger partial charge in [-0.15, -0.1) is 0 Å². The van der Waals surface area contributed by atoms with E-state index in [1.54, 1.807) is 36.4 Å². The molecule has 0 aromatic heterocycles. The lowest BCUT2D eigenvalue weighted by molar-refractivity contribution is 0.370. The van der Waals surface area contributed by atoms with Gasteiger partial charge in [0.2, 0.25) is 0 Å². The highest BCUT2D eigenvalue weighted by molar-refractivity contribution is 6.31. The van der Waals surface area contributed by atoms with E-state index in [1.807, 2.05) is 0 Å². The first kappa shape index (κ1) is 15.7. The summed E-state index contributed by atoms with van der Waals surface area (Å²) in [7, 11) is 4.24. The molecule has 0 fully saturated rings. The van der Waals surface area contributed by atoms with E-state index >= 15 is 0 Å². The molecule has 0 aliphatic carbocycles. The molecule has 21 heavy (non-hydrogen) atoms. The summed E-state index contributed by atoms with van der Waals surface area (Å²) in [4.78, 5) is 0. The molecule has 0 saturated carbocycles. The Bertz CT molecular complexity index is 568. The van der Waals surface area contributed by atoms with Gasteiger partial charge in [-0.25, -0.2) is 0 Å². The standard InChI is InChI=1S/C14H12BCl2O4/c1-18-13-7-9(16)3-5-11(13)20-15-21-12-6-4-10(17)8-14(12)19-2/h3-8H,1-2H3. The smallest absolute Gasteiger partial charge is 0.524 e. The van der Waals surface area contributed by atoms with Crippen molar-refractivity contribution in [1.29, 1.82) is 0 Å². The van der Waals surface area contributed by atoms with Crippen LogP contribution in [-0.4, -0.2) is 21.9 Å². The number of benzene rings is 2. The second kappa shape index (κ2) is 7.34. The minimum atomic E-state index is 0.481. The Morgan fingerprint density at radius 1 is 0.714 bits per heavy atom. The maximum Gasteiger partial charge on any atom is 0.658 e. The second-order valence-corrected chi connectivity index (χ2v) is 4.80. The van der Waals surface area contributed by atoms with Crippen LogP contribution in [0.15, 0.2) is 36.4 Å². The molecule has 0 amide bonds. The van der Waals surface area contributed by atoms with Gasteiger partial charge in [0, 0.05) is 22.2 Å². The molecule has 0 saturated heterocycles. The highest BCUT2D eigenvalue weighted by atomic mass is 35.5. The van der Waals surface area contributed by atoms with Crippen LogP contribution in [0.1, 0.15) is 0 Å². The predicted molar refractivity (Wildman–Crippen MR) is 83.0 cm³/mol. The van der Waals surface area contributed by atoms with E-state index in [0.717, 1.165) is 0 Å². The van der Waals surface area contributed by atoms with Crippen LogP contribution >= 0.6 is 23.2 Å². The van der Waals surface area contributed by atoms with E-state index in [9.17, 15) is 0 Å². The summed E-state index contributed by atoms with van der Waals surface area (Å²) >= 11 is 11.7. The van der Waals surface area contributed by atoms with Crippen molar-refractivity contribution < 1.29 is 18.8 Å². The SMILES string of the molecule is COc1cc(Cl)ccc1O[B]Oc1ccc(Cl)cc1OC. The largest absolute Gasteiger partial charge is 0.658 e. The predicted octanol–water partition coefficient (Wildman–Crippen LogP) is 4.00. The van der Waals surface area contributed by atoms with Crippen LogP contribution in [0.25, 0.3) is 0 Å². The molecule has 2 rings (SSSR count). The van der Waals surface area contributed by atoms with Gasteiger partial charge in [-0.1, -0.05) is 23.2 Å². The molecular weight excluding hydrogens is 314 g/mol. The molecule has 0 unspecified atom stereocenters. The highest BCUT2D eigenvalue weighted by Crippen LogP contribution is 2.31. The first-order valence-electron chi connectivity index (χ1n) is 5.96. The molecule has 1 radical (unpaired) electrons. The third-order valence-electron chi connectivity index (χ3n) is 2.60. The molecule has 0 aliphatic heterocycles. The molecule has 2 aromatic carbocycles. The van der Waals surface area contributed by atoms with Gasteiger partial charge in [0.05, 0.1) is 14.2 Å². The number of hydrogen-bond donors (Lipinski definition) is 0. The minimum absolute atomic E-state index is 0.481. The summed E-state index contributed by atoms with van der Waals surface area (Å²) in [6, 6.07) is 10.0. The van der Waals surface area contributed by atoms with Crippen LogP contribution < -0.4 is 18.8 Å².